The van der Waals surface area contributed by atoms with Crippen LogP contribution in [0, 0.1) is 13.7 Å². The zero-order valence-corrected chi connectivity index (χ0v) is 27.6. The van der Waals surface area contributed by atoms with Crippen molar-refractivity contribution in [2.24, 2.45) is 0 Å². The van der Waals surface area contributed by atoms with Gasteiger partial charge in [-0.15, -0.1) is 0 Å². The SMILES string of the molecule is [2H]C([2H])([2H])c1cccc(C([2H])([2H])[2H])c1-c1cc(Oc2cccc(-c3ncc4oc5cc(C(C)(C)C)ccc5n34)c2)cc(-c2nccc3c2oc2ccccc23)c1. The highest BCUT2D eigenvalue weighted by atomic mass is 16.5. The predicted molar refractivity (Wildman–Crippen MR) is 201 cm³/mol. The largest absolute Gasteiger partial charge is 0.457 e. The lowest BCUT2D eigenvalue weighted by Crippen LogP contribution is -2.10. The Morgan fingerprint density at radius 3 is 2.32 bits per heavy atom. The Bertz CT molecular complexity index is 2950. The van der Waals surface area contributed by atoms with E-state index >= 15 is 0 Å². The van der Waals surface area contributed by atoms with Crippen LogP contribution in [0.4, 0.5) is 0 Å². The van der Waals surface area contributed by atoms with Gasteiger partial charge in [-0.2, -0.15) is 0 Å². The van der Waals surface area contributed by atoms with Gasteiger partial charge < -0.3 is 13.6 Å². The Kier molecular flexibility index (Phi) is 5.39. The first-order valence-corrected chi connectivity index (χ1v) is 16.4. The van der Waals surface area contributed by atoms with Crippen LogP contribution in [0.15, 0.2) is 130 Å². The van der Waals surface area contributed by atoms with Crippen LogP contribution in [0.5, 0.6) is 11.5 Å². The van der Waals surface area contributed by atoms with E-state index in [1.54, 1.807) is 30.6 Å². The first-order chi connectivity index (χ1) is 26.6. The average molecular weight is 660 g/mol. The zero-order valence-electron chi connectivity index (χ0n) is 33.6. The maximum absolute atomic E-state index is 8.39. The van der Waals surface area contributed by atoms with E-state index in [2.05, 4.69) is 32.9 Å². The molecule has 244 valence electrons. The highest BCUT2D eigenvalue weighted by Crippen LogP contribution is 2.40. The standard InChI is InChI=1S/C44H35N3O3/c1-26-10-8-11-27(2)40(26)29-20-30(41-42-35(18-19-45-41)34-14-6-7-15-37(34)50-42)23-33(22-29)48-32-13-9-12-28(21-32)43-46-25-39-47(43)36-17-16-31(44(3,4)5)24-38(36)49-39/h6-25H,1-5H3/i1D3,2D3. The third-order valence-electron chi connectivity index (χ3n) is 9.17. The number of hydrogen-bond acceptors (Lipinski definition) is 5. The molecule has 6 heteroatoms. The zero-order chi connectivity index (χ0) is 39.1. The topological polar surface area (TPSA) is 65.7 Å². The van der Waals surface area contributed by atoms with Crippen LogP contribution in [0.1, 0.15) is 45.7 Å². The van der Waals surface area contributed by atoms with Crippen molar-refractivity contribution in [1.82, 2.24) is 14.4 Å². The molecule has 0 N–H and O–H groups in total. The second-order valence-electron chi connectivity index (χ2n) is 13.5. The number of fused-ring (bicyclic) bond motifs is 6. The van der Waals surface area contributed by atoms with Crippen LogP contribution in [0.3, 0.4) is 0 Å². The minimum absolute atomic E-state index is 0.0443. The van der Waals surface area contributed by atoms with Crippen molar-refractivity contribution in [2.75, 3.05) is 0 Å². The fourth-order valence-corrected chi connectivity index (χ4v) is 6.70. The van der Waals surface area contributed by atoms with E-state index in [-0.39, 0.29) is 22.1 Å². The van der Waals surface area contributed by atoms with E-state index < -0.39 is 13.7 Å². The molecule has 0 saturated carbocycles. The van der Waals surface area contributed by atoms with Crippen molar-refractivity contribution >= 4 is 38.8 Å². The van der Waals surface area contributed by atoms with Crippen molar-refractivity contribution in [3.63, 3.8) is 0 Å². The number of oxazole rings is 1. The molecular formula is C44H35N3O3. The first-order valence-electron chi connectivity index (χ1n) is 19.4. The van der Waals surface area contributed by atoms with Crippen LogP contribution in [0.25, 0.3) is 72.5 Å². The molecule has 0 radical (unpaired) electrons. The summed E-state index contributed by atoms with van der Waals surface area (Å²) in [4.78, 5) is 9.42. The molecule has 0 atom stereocenters. The molecule has 0 bridgehead atoms. The fraction of sp³-hybridized carbons (Fsp3) is 0.136. The van der Waals surface area contributed by atoms with Crippen molar-refractivity contribution < 1.29 is 21.8 Å². The molecule has 0 fully saturated rings. The van der Waals surface area contributed by atoms with Gasteiger partial charge in [0.25, 0.3) is 0 Å². The van der Waals surface area contributed by atoms with Gasteiger partial charge >= 0.3 is 0 Å². The van der Waals surface area contributed by atoms with Crippen molar-refractivity contribution in [2.45, 2.75) is 39.9 Å². The third-order valence-corrected chi connectivity index (χ3v) is 9.17. The highest BCUT2D eigenvalue weighted by molar-refractivity contribution is 6.08. The summed E-state index contributed by atoms with van der Waals surface area (Å²) in [5.74, 6) is 1.47. The lowest BCUT2D eigenvalue weighted by Gasteiger charge is -2.18. The second kappa shape index (κ2) is 11.2. The number of aromatic nitrogens is 3. The number of furan rings is 1. The monoisotopic (exact) mass is 659 g/mol. The summed E-state index contributed by atoms with van der Waals surface area (Å²) >= 11 is 0. The molecule has 0 saturated heterocycles. The number of para-hydroxylation sites is 1. The molecule has 5 aromatic carbocycles. The first kappa shape index (κ1) is 24.1. The van der Waals surface area contributed by atoms with Crippen LogP contribution in [-0.2, 0) is 5.41 Å². The van der Waals surface area contributed by atoms with E-state index in [1.165, 1.54) is 18.2 Å². The molecule has 50 heavy (non-hydrogen) atoms. The number of aryl methyl sites for hydroxylation is 2. The summed E-state index contributed by atoms with van der Waals surface area (Å²) < 4.78 is 71.4. The summed E-state index contributed by atoms with van der Waals surface area (Å²) in [6.45, 7) is 1.26. The van der Waals surface area contributed by atoms with E-state index in [4.69, 9.17) is 31.8 Å². The molecule has 0 amide bonds. The minimum Gasteiger partial charge on any atom is -0.457 e. The molecule has 0 aliphatic carbocycles. The van der Waals surface area contributed by atoms with E-state index in [0.29, 0.717) is 51.0 Å². The van der Waals surface area contributed by atoms with Crippen LogP contribution >= 0.6 is 0 Å². The summed E-state index contributed by atoms with van der Waals surface area (Å²) in [6, 6.07) is 32.8. The quantitative estimate of drug-likeness (QED) is 0.184. The lowest BCUT2D eigenvalue weighted by molar-refractivity contribution is 0.483. The number of nitrogens with zero attached hydrogens (tertiary/aromatic N) is 3. The number of pyridine rings is 1. The van der Waals surface area contributed by atoms with Gasteiger partial charge in [0, 0.05) is 36.3 Å². The molecular weight excluding hydrogens is 619 g/mol. The maximum Gasteiger partial charge on any atom is 0.225 e. The predicted octanol–water partition coefficient (Wildman–Crippen LogP) is 12.1. The van der Waals surface area contributed by atoms with Gasteiger partial charge in [-0.1, -0.05) is 75.4 Å². The Morgan fingerprint density at radius 2 is 1.48 bits per heavy atom. The minimum atomic E-state index is -2.61. The number of hydrogen-bond donors (Lipinski definition) is 0. The van der Waals surface area contributed by atoms with Gasteiger partial charge in [0.15, 0.2) is 11.2 Å². The van der Waals surface area contributed by atoms with Gasteiger partial charge in [0.1, 0.15) is 28.6 Å². The van der Waals surface area contributed by atoms with Crippen molar-refractivity contribution in [3.8, 4) is 45.3 Å². The van der Waals surface area contributed by atoms with Gasteiger partial charge in [-0.05, 0) is 102 Å². The smallest absolute Gasteiger partial charge is 0.225 e. The van der Waals surface area contributed by atoms with E-state index in [1.807, 2.05) is 65.1 Å². The molecule has 6 nitrogen and oxygen atoms in total. The van der Waals surface area contributed by atoms with E-state index in [0.717, 1.165) is 33.0 Å². The maximum atomic E-state index is 8.39. The third kappa shape index (κ3) is 4.95. The Hall–Kier alpha value is -6.14. The normalized spacial score (nSPS) is 14.4. The number of benzene rings is 5. The number of imidazole rings is 1. The molecule has 0 unspecified atom stereocenters. The number of rotatable bonds is 5. The summed E-state index contributed by atoms with van der Waals surface area (Å²) in [5.41, 5.74) is 6.65. The molecule has 4 heterocycles. The lowest BCUT2D eigenvalue weighted by atomic mass is 9.87. The molecule has 4 aromatic heterocycles. The van der Waals surface area contributed by atoms with Crippen molar-refractivity contribution in [3.05, 3.63) is 138 Å². The molecule has 9 rings (SSSR count). The summed E-state index contributed by atoms with van der Waals surface area (Å²) in [5, 5.41) is 1.77. The molecule has 9 aromatic rings. The van der Waals surface area contributed by atoms with Gasteiger partial charge in [0.2, 0.25) is 5.71 Å². The van der Waals surface area contributed by atoms with Gasteiger partial charge in [0.05, 0.1) is 11.7 Å². The number of ether oxygens (including phenoxy) is 1. The fourth-order valence-electron chi connectivity index (χ4n) is 6.70. The average Bonchev–Trinajstić information content (AvgIpc) is 3.85. The Labute approximate surface area is 298 Å². The molecule has 0 aliphatic heterocycles. The Balaban J connectivity index is 1.21. The van der Waals surface area contributed by atoms with Gasteiger partial charge in [-0.25, -0.2) is 4.98 Å². The summed E-state index contributed by atoms with van der Waals surface area (Å²) in [7, 11) is 0. The van der Waals surface area contributed by atoms with Crippen LogP contribution in [-0.4, -0.2) is 14.4 Å². The van der Waals surface area contributed by atoms with Gasteiger partial charge in [-0.3, -0.25) is 9.38 Å². The van der Waals surface area contributed by atoms with Crippen LogP contribution < -0.4 is 4.74 Å². The van der Waals surface area contributed by atoms with Crippen molar-refractivity contribution in [1.29, 1.82) is 0 Å². The van der Waals surface area contributed by atoms with E-state index in [9.17, 15) is 0 Å². The Morgan fingerprint density at radius 1 is 0.680 bits per heavy atom. The second-order valence-corrected chi connectivity index (χ2v) is 13.5. The highest BCUT2D eigenvalue weighted by Gasteiger charge is 2.20. The van der Waals surface area contributed by atoms with Crippen LogP contribution in [0.2, 0.25) is 0 Å². The molecule has 0 spiro atoms. The summed E-state index contributed by atoms with van der Waals surface area (Å²) in [6.07, 6.45) is 3.39. The molecule has 0 aliphatic rings.